The zero-order valence-electron chi connectivity index (χ0n) is 7.92. The molecule has 0 saturated heterocycles. The van der Waals surface area contributed by atoms with Gasteiger partial charge in [0.2, 0.25) is 0 Å². The number of aromatic nitrogens is 1. The summed E-state index contributed by atoms with van der Waals surface area (Å²) in [6.45, 7) is 1.97. The molecule has 0 radical (unpaired) electrons. The Kier molecular flexibility index (Phi) is 2.26. The van der Waals surface area contributed by atoms with Gasteiger partial charge in [0.25, 0.3) is 5.91 Å². The Bertz CT molecular complexity index is 361. The highest BCUT2D eigenvalue weighted by atomic mass is 16.2. The van der Waals surface area contributed by atoms with E-state index in [-0.39, 0.29) is 11.9 Å². The molecule has 2 rings (SSSR count). The summed E-state index contributed by atoms with van der Waals surface area (Å²) < 4.78 is 0. The molecule has 0 aliphatic carbocycles. The predicted octanol–water partition coefficient (Wildman–Crippen LogP) is 1.30. The molecule has 4 nitrogen and oxygen atoms in total. The largest absolute Gasteiger partial charge is 0.275 e. The SMILES string of the molecule is C[C@H]1CC=NN1C(=O)c1cccnc1. The van der Waals surface area contributed by atoms with E-state index in [1.807, 2.05) is 6.92 Å². The number of rotatable bonds is 1. The summed E-state index contributed by atoms with van der Waals surface area (Å²) in [5.41, 5.74) is 0.582. The molecular weight excluding hydrogens is 178 g/mol. The summed E-state index contributed by atoms with van der Waals surface area (Å²) in [7, 11) is 0. The van der Waals surface area contributed by atoms with Crippen molar-refractivity contribution in [2.45, 2.75) is 19.4 Å². The van der Waals surface area contributed by atoms with Gasteiger partial charge in [-0.1, -0.05) is 0 Å². The third kappa shape index (κ3) is 1.51. The first-order valence-corrected chi connectivity index (χ1v) is 4.55. The van der Waals surface area contributed by atoms with Gasteiger partial charge in [0.1, 0.15) is 0 Å². The van der Waals surface area contributed by atoms with Crippen molar-refractivity contribution in [3.05, 3.63) is 30.1 Å². The summed E-state index contributed by atoms with van der Waals surface area (Å²) in [6.07, 6.45) is 5.79. The lowest BCUT2D eigenvalue weighted by Gasteiger charge is -2.17. The smallest absolute Gasteiger partial charge is 0.267 e. The summed E-state index contributed by atoms with van der Waals surface area (Å²) in [4.78, 5) is 15.7. The van der Waals surface area contributed by atoms with Crippen molar-refractivity contribution < 1.29 is 4.79 Å². The second kappa shape index (κ2) is 3.57. The highest BCUT2D eigenvalue weighted by Crippen LogP contribution is 2.13. The molecule has 1 aromatic rings. The molecule has 0 unspecified atom stereocenters. The molecule has 2 heterocycles. The normalized spacial score (nSPS) is 20.1. The Morgan fingerprint density at radius 1 is 1.64 bits per heavy atom. The third-order valence-electron chi connectivity index (χ3n) is 2.19. The maximum atomic E-state index is 11.8. The van der Waals surface area contributed by atoms with Crippen molar-refractivity contribution in [1.82, 2.24) is 9.99 Å². The van der Waals surface area contributed by atoms with Crippen LogP contribution in [0.15, 0.2) is 29.6 Å². The fraction of sp³-hybridized carbons (Fsp3) is 0.300. The quantitative estimate of drug-likeness (QED) is 0.668. The lowest BCUT2D eigenvalue weighted by atomic mass is 10.2. The molecule has 14 heavy (non-hydrogen) atoms. The molecule has 0 spiro atoms. The van der Waals surface area contributed by atoms with E-state index in [1.54, 1.807) is 30.7 Å². The monoisotopic (exact) mass is 189 g/mol. The maximum Gasteiger partial charge on any atom is 0.275 e. The zero-order chi connectivity index (χ0) is 9.97. The predicted molar refractivity (Wildman–Crippen MR) is 53.0 cm³/mol. The number of hydrazone groups is 1. The minimum atomic E-state index is -0.0839. The number of pyridine rings is 1. The first-order chi connectivity index (χ1) is 6.79. The molecule has 4 heteroatoms. The van der Waals surface area contributed by atoms with Crippen molar-refractivity contribution in [2.75, 3.05) is 0 Å². The van der Waals surface area contributed by atoms with E-state index in [0.29, 0.717) is 5.56 Å². The van der Waals surface area contributed by atoms with Crippen LogP contribution in [0.2, 0.25) is 0 Å². The zero-order valence-corrected chi connectivity index (χ0v) is 7.92. The van der Waals surface area contributed by atoms with Gasteiger partial charge >= 0.3 is 0 Å². The van der Waals surface area contributed by atoms with Crippen molar-refractivity contribution in [1.29, 1.82) is 0 Å². The second-order valence-electron chi connectivity index (χ2n) is 3.27. The van der Waals surface area contributed by atoms with Gasteiger partial charge in [-0.15, -0.1) is 0 Å². The van der Waals surface area contributed by atoms with Crippen LogP contribution in [0.4, 0.5) is 0 Å². The molecule has 0 aromatic carbocycles. The molecule has 1 aliphatic rings. The summed E-state index contributed by atoms with van der Waals surface area (Å²) >= 11 is 0. The van der Waals surface area contributed by atoms with Crippen LogP contribution in [0.1, 0.15) is 23.7 Å². The van der Waals surface area contributed by atoms with Gasteiger partial charge in [-0.2, -0.15) is 5.10 Å². The van der Waals surface area contributed by atoms with Crippen LogP contribution in [0.5, 0.6) is 0 Å². The van der Waals surface area contributed by atoms with E-state index >= 15 is 0 Å². The first kappa shape index (κ1) is 8.87. The fourth-order valence-corrected chi connectivity index (χ4v) is 1.38. The lowest BCUT2D eigenvalue weighted by molar-refractivity contribution is 0.0724. The Hall–Kier alpha value is -1.71. The lowest BCUT2D eigenvalue weighted by Crippen LogP contribution is -2.30. The first-order valence-electron chi connectivity index (χ1n) is 4.55. The van der Waals surface area contributed by atoms with Crippen molar-refractivity contribution in [2.24, 2.45) is 5.10 Å². The number of carbonyl (C=O) groups excluding carboxylic acids is 1. The second-order valence-corrected chi connectivity index (χ2v) is 3.27. The van der Waals surface area contributed by atoms with Gasteiger partial charge in [0, 0.05) is 25.0 Å². The van der Waals surface area contributed by atoms with E-state index in [0.717, 1.165) is 6.42 Å². The molecule has 1 amide bonds. The Balaban J connectivity index is 2.20. The number of amides is 1. The molecule has 0 saturated carbocycles. The molecule has 0 bridgehead atoms. The van der Waals surface area contributed by atoms with Crippen LogP contribution >= 0.6 is 0 Å². The molecule has 1 atom stereocenters. The number of carbonyl (C=O) groups is 1. The van der Waals surface area contributed by atoms with Gasteiger partial charge in [-0.25, -0.2) is 5.01 Å². The van der Waals surface area contributed by atoms with Crippen LogP contribution in [0.25, 0.3) is 0 Å². The fourth-order valence-electron chi connectivity index (χ4n) is 1.38. The highest BCUT2D eigenvalue weighted by molar-refractivity contribution is 5.95. The van der Waals surface area contributed by atoms with Gasteiger partial charge in [-0.05, 0) is 19.1 Å². The molecular formula is C10H11N3O. The van der Waals surface area contributed by atoms with Gasteiger partial charge in [0.05, 0.1) is 11.6 Å². The van der Waals surface area contributed by atoms with Crippen molar-refractivity contribution in [3.63, 3.8) is 0 Å². The van der Waals surface area contributed by atoms with Crippen LogP contribution in [0.3, 0.4) is 0 Å². The Morgan fingerprint density at radius 3 is 3.07 bits per heavy atom. The Labute approximate surface area is 82.3 Å². The topological polar surface area (TPSA) is 45.6 Å². The van der Waals surface area contributed by atoms with Crippen molar-refractivity contribution in [3.8, 4) is 0 Å². The molecule has 0 N–H and O–H groups in total. The van der Waals surface area contributed by atoms with E-state index in [9.17, 15) is 4.79 Å². The van der Waals surface area contributed by atoms with E-state index < -0.39 is 0 Å². The number of nitrogens with zero attached hydrogens (tertiary/aromatic N) is 3. The maximum absolute atomic E-state index is 11.8. The summed E-state index contributed by atoms with van der Waals surface area (Å²) in [5.74, 6) is -0.0839. The molecule has 1 aliphatic heterocycles. The van der Waals surface area contributed by atoms with Gasteiger partial charge in [0.15, 0.2) is 0 Å². The van der Waals surface area contributed by atoms with Crippen LogP contribution in [-0.4, -0.2) is 28.2 Å². The molecule has 1 aromatic heterocycles. The average molecular weight is 189 g/mol. The number of hydrogen-bond donors (Lipinski definition) is 0. The van der Waals surface area contributed by atoms with E-state index in [2.05, 4.69) is 10.1 Å². The van der Waals surface area contributed by atoms with Crippen molar-refractivity contribution >= 4 is 12.1 Å². The summed E-state index contributed by atoms with van der Waals surface area (Å²) in [5, 5.41) is 5.52. The summed E-state index contributed by atoms with van der Waals surface area (Å²) in [6, 6.07) is 3.65. The van der Waals surface area contributed by atoms with Crippen LogP contribution in [0, 0.1) is 0 Å². The minimum Gasteiger partial charge on any atom is -0.267 e. The molecule has 0 fully saturated rings. The van der Waals surface area contributed by atoms with Gasteiger partial charge in [-0.3, -0.25) is 9.78 Å². The molecule has 72 valence electrons. The minimum absolute atomic E-state index is 0.0839. The third-order valence-corrected chi connectivity index (χ3v) is 2.19. The highest BCUT2D eigenvalue weighted by Gasteiger charge is 2.23. The van der Waals surface area contributed by atoms with Gasteiger partial charge < -0.3 is 0 Å². The average Bonchev–Trinajstić information content (AvgIpc) is 2.65. The Morgan fingerprint density at radius 2 is 2.50 bits per heavy atom. The number of hydrogen-bond acceptors (Lipinski definition) is 3. The van der Waals surface area contributed by atoms with Crippen LogP contribution in [-0.2, 0) is 0 Å². The van der Waals surface area contributed by atoms with E-state index in [4.69, 9.17) is 0 Å². The standard InChI is InChI=1S/C10H11N3O/c1-8-4-6-12-13(8)10(14)9-3-2-5-11-7-9/h2-3,5-8H,4H2,1H3/t8-/m0/s1. The van der Waals surface area contributed by atoms with Crippen LogP contribution < -0.4 is 0 Å². The van der Waals surface area contributed by atoms with E-state index in [1.165, 1.54) is 5.01 Å².